The van der Waals surface area contributed by atoms with Gasteiger partial charge in [-0.25, -0.2) is 9.97 Å². The molecule has 10 aromatic rings. The van der Waals surface area contributed by atoms with Crippen molar-refractivity contribution >= 4 is 21.5 Å². The zero-order valence-electron chi connectivity index (χ0n) is 33.0. The van der Waals surface area contributed by atoms with Gasteiger partial charge in [-0.15, -0.1) is 0 Å². The molecule has 9 aromatic carbocycles. The molecule has 1 aliphatic rings. The van der Waals surface area contributed by atoms with Crippen LogP contribution < -0.4 is 0 Å². The highest BCUT2D eigenvalue weighted by Gasteiger charge is 2.37. The third-order valence-corrected chi connectivity index (χ3v) is 12.3. The number of hydrogen-bond acceptors (Lipinski definition) is 2. The lowest BCUT2D eigenvalue weighted by atomic mass is 9.81. The lowest BCUT2D eigenvalue weighted by molar-refractivity contribution is 0.661. The molecule has 11 rings (SSSR count). The summed E-state index contributed by atoms with van der Waals surface area (Å²) in [7, 11) is 0. The molecule has 59 heavy (non-hydrogen) atoms. The van der Waals surface area contributed by atoms with Gasteiger partial charge in [0, 0.05) is 22.1 Å². The van der Waals surface area contributed by atoms with Gasteiger partial charge in [0.05, 0.1) is 11.4 Å². The summed E-state index contributed by atoms with van der Waals surface area (Å²) in [6.45, 7) is 4.73. The van der Waals surface area contributed by atoms with Crippen LogP contribution >= 0.6 is 0 Å². The van der Waals surface area contributed by atoms with Gasteiger partial charge < -0.3 is 0 Å². The second-order valence-electron chi connectivity index (χ2n) is 16.1. The lowest BCUT2D eigenvalue weighted by Crippen LogP contribution is -2.14. The minimum Gasteiger partial charge on any atom is -0.228 e. The van der Waals surface area contributed by atoms with E-state index in [9.17, 15) is 0 Å². The van der Waals surface area contributed by atoms with Gasteiger partial charge in [-0.1, -0.05) is 208 Å². The van der Waals surface area contributed by atoms with Crippen LogP contribution in [0.25, 0.3) is 100.0 Å². The Morgan fingerprint density at radius 3 is 1.63 bits per heavy atom. The molecule has 0 saturated heterocycles. The Morgan fingerprint density at radius 2 is 0.864 bits per heavy atom. The van der Waals surface area contributed by atoms with E-state index in [0.717, 1.165) is 33.5 Å². The largest absolute Gasteiger partial charge is 0.228 e. The summed E-state index contributed by atoms with van der Waals surface area (Å²) in [5.41, 5.74) is 17.5. The monoisotopic (exact) mass is 752 g/mol. The molecule has 0 atom stereocenters. The van der Waals surface area contributed by atoms with Crippen molar-refractivity contribution in [2.24, 2.45) is 0 Å². The van der Waals surface area contributed by atoms with Gasteiger partial charge in [0.1, 0.15) is 0 Å². The van der Waals surface area contributed by atoms with Crippen molar-refractivity contribution in [3.05, 3.63) is 217 Å². The molecular formula is C57H40N2. The minimum absolute atomic E-state index is 0.0960. The zero-order chi connectivity index (χ0) is 39.5. The fourth-order valence-electron chi connectivity index (χ4n) is 9.33. The van der Waals surface area contributed by atoms with Crippen molar-refractivity contribution in [2.75, 3.05) is 0 Å². The molecule has 0 bridgehead atoms. The van der Waals surface area contributed by atoms with Crippen LogP contribution in [0.1, 0.15) is 25.0 Å². The average molecular weight is 753 g/mol. The van der Waals surface area contributed by atoms with Crippen molar-refractivity contribution in [2.45, 2.75) is 19.3 Å². The van der Waals surface area contributed by atoms with Crippen LogP contribution in [0.2, 0.25) is 0 Å². The summed E-state index contributed by atoms with van der Waals surface area (Å²) in [6.07, 6.45) is 0. The first-order chi connectivity index (χ1) is 29.0. The van der Waals surface area contributed by atoms with Crippen LogP contribution in [0, 0.1) is 0 Å². The normalized spacial score (nSPS) is 12.7. The maximum absolute atomic E-state index is 5.24. The fourth-order valence-corrected chi connectivity index (χ4v) is 9.33. The number of hydrogen-bond donors (Lipinski definition) is 0. The van der Waals surface area contributed by atoms with E-state index >= 15 is 0 Å². The molecule has 2 nitrogen and oxygen atoms in total. The molecule has 278 valence electrons. The Morgan fingerprint density at radius 1 is 0.322 bits per heavy atom. The first-order valence-corrected chi connectivity index (χ1v) is 20.4. The summed E-state index contributed by atoms with van der Waals surface area (Å²) >= 11 is 0. The second kappa shape index (κ2) is 13.9. The molecular weight excluding hydrogens is 713 g/mol. The van der Waals surface area contributed by atoms with Crippen LogP contribution in [0.5, 0.6) is 0 Å². The quantitative estimate of drug-likeness (QED) is 0.169. The topological polar surface area (TPSA) is 25.8 Å². The molecule has 0 spiro atoms. The molecule has 0 amide bonds. The molecule has 0 N–H and O–H groups in total. The Kier molecular flexibility index (Phi) is 8.20. The van der Waals surface area contributed by atoms with Crippen LogP contribution in [0.15, 0.2) is 206 Å². The first-order valence-electron chi connectivity index (χ1n) is 20.4. The van der Waals surface area contributed by atoms with Crippen LogP contribution in [0.3, 0.4) is 0 Å². The van der Waals surface area contributed by atoms with Crippen molar-refractivity contribution in [1.82, 2.24) is 9.97 Å². The summed E-state index contributed by atoms with van der Waals surface area (Å²) in [5, 5.41) is 4.93. The minimum atomic E-state index is -0.0960. The standard InChI is InChI=1S/C57H40N2/c1-57(2)50-26-14-25-46(55(50)54-45-22-10-9-17-39(45)31-34-51(54)57)43-21-13-20-42(35-43)44-32-33-49(48-24-12-11-23-47(44)48)53-36-52(58-56(59-53)41-18-7-4-8-19-41)40-29-27-38(28-30-40)37-15-5-3-6-16-37/h3-36H,1-2H3. The number of fused-ring (bicyclic) bond motifs is 6. The van der Waals surface area contributed by atoms with Crippen LogP contribution in [-0.2, 0) is 5.41 Å². The highest BCUT2D eigenvalue weighted by molar-refractivity contribution is 6.08. The molecule has 1 aromatic heterocycles. The third kappa shape index (κ3) is 5.87. The van der Waals surface area contributed by atoms with E-state index in [1.807, 2.05) is 18.2 Å². The summed E-state index contributed by atoms with van der Waals surface area (Å²) in [6, 6.07) is 74.3. The van der Waals surface area contributed by atoms with Crippen molar-refractivity contribution in [1.29, 1.82) is 0 Å². The Balaban J connectivity index is 1.04. The maximum Gasteiger partial charge on any atom is 0.160 e. The van der Waals surface area contributed by atoms with Gasteiger partial charge in [-0.05, 0) is 89.3 Å². The van der Waals surface area contributed by atoms with Gasteiger partial charge in [0.2, 0.25) is 0 Å². The zero-order valence-corrected chi connectivity index (χ0v) is 33.0. The van der Waals surface area contributed by atoms with Gasteiger partial charge in [0.25, 0.3) is 0 Å². The van der Waals surface area contributed by atoms with Gasteiger partial charge >= 0.3 is 0 Å². The van der Waals surface area contributed by atoms with E-state index in [-0.39, 0.29) is 5.41 Å². The molecule has 1 aliphatic carbocycles. The maximum atomic E-state index is 5.24. The van der Waals surface area contributed by atoms with Gasteiger partial charge in [-0.2, -0.15) is 0 Å². The Bertz CT molecular complexity index is 3220. The van der Waals surface area contributed by atoms with Gasteiger partial charge in [0.15, 0.2) is 5.82 Å². The Labute approximate surface area is 345 Å². The number of benzene rings is 9. The number of rotatable bonds is 6. The van der Waals surface area contributed by atoms with E-state index in [2.05, 4.69) is 202 Å². The number of nitrogens with zero attached hydrogens (tertiary/aromatic N) is 2. The molecule has 0 aliphatic heterocycles. The number of aromatic nitrogens is 2. The third-order valence-electron chi connectivity index (χ3n) is 12.3. The predicted molar refractivity (Wildman–Crippen MR) is 247 cm³/mol. The highest BCUT2D eigenvalue weighted by Crippen LogP contribution is 2.54. The SMILES string of the molecule is CC1(C)c2cccc(-c3cccc(-c4ccc(-c5cc(-c6ccc(-c7ccccc7)cc6)nc(-c6ccccc6)n5)c5ccccc45)c3)c2-c2c1ccc1ccccc21. The van der Waals surface area contributed by atoms with E-state index in [4.69, 9.17) is 9.97 Å². The molecule has 0 saturated carbocycles. The molecule has 2 heteroatoms. The molecule has 0 fully saturated rings. The second-order valence-corrected chi connectivity index (χ2v) is 16.1. The smallest absolute Gasteiger partial charge is 0.160 e. The van der Waals surface area contributed by atoms with Crippen molar-refractivity contribution < 1.29 is 0 Å². The van der Waals surface area contributed by atoms with E-state index < -0.39 is 0 Å². The summed E-state index contributed by atoms with van der Waals surface area (Å²) in [5.74, 6) is 0.707. The van der Waals surface area contributed by atoms with Crippen molar-refractivity contribution in [3.63, 3.8) is 0 Å². The lowest BCUT2D eigenvalue weighted by Gasteiger charge is -2.21. The first kappa shape index (κ1) is 34.8. The van der Waals surface area contributed by atoms with Crippen molar-refractivity contribution in [3.8, 4) is 78.4 Å². The fraction of sp³-hybridized carbons (Fsp3) is 0.0526. The van der Waals surface area contributed by atoms with E-state index in [1.165, 1.54) is 71.8 Å². The Hall–Kier alpha value is -7.42. The van der Waals surface area contributed by atoms with E-state index in [1.54, 1.807) is 0 Å². The summed E-state index contributed by atoms with van der Waals surface area (Å²) < 4.78 is 0. The van der Waals surface area contributed by atoms with E-state index in [0.29, 0.717) is 5.82 Å². The van der Waals surface area contributed by atoms with Crippen LogP contribution in [0.4, 0.5) is 0 Å². The summed E-state index contributed by atoms with van der Waals surface area (Å²) in [4.78, 5) is 10.4. The molecule has 0 radical (unpaired) electrons. The highest BCUT2D eigenvalue weighted by atomic mass is 14.9. The van der Waals surface area contributed by atoms with Crippen LogP contribution in [-0.4, -0.2) is 9.97 Å². The molecule has 0 unspecified atom stereocenters. The van der Waals surface area contributed by atoms with Gasteiger partial charge in [-0.3, -0.25) is 0 Å². The molecule has 1 heterocycles. The predicted octanol–water partition coefficient (Wildman–Crippen LogP) is 15.1. The average Bonchev–Trinajstić information content (AvgIpc) is 3.55.